The molecule has 0 aliphatic rings. The number of nitrogens with zero attached hydrogens (tertiary/aromatic N) is 2. The minimum atomic E-state index is 0.0516. The number of hydrogen-bond donors (Lipinski definition) is 1. The van der Waals surface area contributed by atoms with Crippen LogP contribution < -0.4 is 10.6 Å². The molecule has 0 saturated carbocycles. The summed E-state index contributed by atoms with van der Waals surface area (Å²) < 4.78 is 0. The topological polar surface area (TPSA) is 42.1 Å². The summed E-state index contributed by atoms with van der Waals surface area (Å²) >= 11 is 1.89. The average molecular weight is 253 g/mol. The van der Waals surface area contributed by atoms with E-state index in [1.54, 1.807) is 0 Å². The van der Waals surface area contributed by atoms with Gasteiger partial charge in [0.25, 0.3) is 0 Å². The fraction of sp³-hybridized carbons (Fsp3) is 0.615. The number of thioether (sulfide) groups is 1. The predicted octanol–water partition coefficient (Wildman–Crippen LogP) is 2.68. The van der Waals surface area contributed by atoms with Gasteiger partial charge in [-0.15, -0.1) is 0 Å². The molecule has 2 atom stereocenters. The van der Waals surface area contributed by atoms with Crippen LogP contribution in [0.15, 0.2) is 18.3 Å². The van der Waals surface area contributed by atoms with Gasteiger partial charge >= 0.3 is 0 Å². The van der Waals surface area contributed by atoms with Crippen molar-refractivity contribution in [1.29, 1.82) is 0 Å². The van der Waals surface area contributed by atoms with Crippen molar-refractivity contribution in [2.75, 3.05) is 24.0 Å². The molecule has 0 aliphatic carbocycles. The maximum Gasteiger partial charge on any atom is 0.128 e. The molecule has 0 fully saturated rings. The Balaban J connectivity index is 2.65. The van der Waals surface area contributed by atoms with Gasteiger partial charge < -0.3 is 10.6 Å². The maximum absolute atomic E-state index is 5.81. The van der Waals surface area contributed by atoms with Crippen LogP contribution in [0.5, 0.6) is 0 Å². The number of anilines is 1. The third-order valence-electron chi connectivity index (χ3n) is 3.06. The fourth-order valence-electron chi connectivity index (χ4n) is 1.58. The monoisotopic (exact) mass is 253 g/mol. The van der Waals surface area contributed by atoms with Gasteiger partial charge in [-0.05, 0) is 43.9 Å². The van der Waals surface area contributed by atoms with Crippen LogP contribution in [-0.2, 0) is 0 Å². The van der Waals surface area contributed by atoms with Gasteiger partial charge in [0.05, 0.1) is 0 Å². The highest BCUT2D eigenvalue weighted by molar-refractivity contribution is 7.98. The Hall–Kier alpha value is -0.740. The van der Waals surface area contributed by atoms with Crippen molar-refractivity contribution in [1.82, 2.24) is 4.98 Å². The predicted molar refractivity (Wildman–Crippen MR) is 77.7 cm³/mol. The molecule has 1 aromatic rings. The normalized spacial score (nSPS) is 14.4. The van der Waals surface area contributed by atoms with Gasteiger partial charge in [0, 0.05) is 25.3 Å². The highest BCUT2D eigenvalue weighted by Crippen LogP contribution is 2.17. The first-order valence-electron chi connectivity index (χ1n) is 5.99. The molecular formula is C13H23N3S. The molecule has 17 heavy (non-hydrogen) atoms. The molecule has 0 saturated heterocycles. The van der Waals surface area contributed by atoms with Gasteiger partial charge in [0.2, 0.25) is 0 Å². The van der Waals surface area contributed by atoms with Crippen LogP contribution in [0.4, 0.5) is 5.82 Å². The highest BCUT2D eigenvalue weighted by Gasteiger charge is 2.11. The van der Waals surface area contributed by atoms with E-state index in [0.29, 0.717) is 6.04 Å². The number of aromatic nitrogens is 1. The summed E-state index contributed by atoms with van der Waals surface area (Å²) in [5, 5.41) is 0. The SMILES string of the molecule is CSCCC(C)N(C)c1ccc([C@@H](C)N)cn1. The van der Waals surface area contributed by atoms with Gasteiger partial charge in [-0.3, -0.25) is 0 Å². The number of nitrogens with two attached hydrogens (primary N) is 1. The standard InChI is InChI=1S/C13H23N3S/c1-10(7-8-17-4)16(3)13-6-5-12(9-15-13)11(2)14/h5-6,9-11H,7-8,14H2,1-4H3/t10?,11-/m1/s1. The lowest BCUT2D eigenvalue weighted by Crippen LogP contribution is -2.30. The van der Waals surface area contributed by atoms with Crippen LogP contribution in [-0.4, -0.2) is 30.1 Å². The average Bonchev–Trinajstić information content (AvgIpc) is 2.35. The molecule has 0 radical (unpaired) electrons. The summed E-state index contributed by atoms with van der Waals surface area (Å²) in [6, 6.07) is 4.67. The summed E-state index contributed by atoms with van der Waals surface area (Å²) in [6.07, 6.45) is 5.19. The molecule has 0 bridgehead atoms. The van der Waals surface area contributed by atoms with Crippen LogP contribution >= 0.6 is 11.8 Å². The van der Waals surface area contributed by atoms with E-state index in [1.165, 1.54) is 12.2 Å². The Morgan fingerprint density at radius 3 is 2.59 bits per heavy atom. The van der Waals surface area contributed by atoms with Gasteiger partial charge in [-0.2, -0.15) is 11.8 Å². The minimum absolute atomic E-state index is 0.0516. The van der Waals surface area contributed by atoms with E-state index in [2.05, 4.69) is 36.2 Å². The van der Waals surface area contributed by atoms with Gasteiger partial charge in [-0.25, -0.2) is 4.98 Å². The van der Waals surface area contributed by atoms with E-state index in [1.807, 2.05) is 30.9 Å². The zero-order chi connectivity index (χ0) is 12.8. The second kappa shape index (κ2) is 6.87. The fourth-order valence-corrected chi connectivity index (χ4v) is 2.16. The largest absolute Gasteiger partial charge is 0.357 e. The molecule has 1 rings (SSSR count). The van der Waals surface area contributed by atoms with Crippen molar-refractivity contribution >= 4 is 17.6 Å². The second-order valence-corrected chi connectivity index (χ2v) is 5.47. The number of pyridine rings is 1. The molecule has 1 unspecified atom stereocenters. The maximum atomic E-state index is 5.81. The van der Waals surface area contributed by atoms with Gasteiger partial charge in [0.15, 0.2) is 0 Å². The molecule has 4 heteroatoms. The first-order valence-corrected chi connectivity index (χ1v) is 7.39. The molecule has 3 nitrogen and oxygen atoms in total. The third kappa shape index (κ3) is 4.21. The Kier molecular flexibility index (Phi) is 5.78. The van der Waals surface area contributed by atoms with Crippen LogP contribution in [0.2, 0.25) is 0 Å². The van der Waals surface area contributed by atoms with Crippen molar-refractivity contribution in [2.45, 2.75) is 32.4 Å². The number of hydrogen-bond acceptors (Lipinski definition) is 4. The summed E-state index contributed by atoms with van der Waals surface area (Å²) in [7, 11) is 2.10. The lowest BCUT2D eigenvalue weighted by atomic mass is 10.1. The van der Waals surface area contributed by atoms with Crippen LogP contribution in [0.3, 0.4) is 0 Å². The number of rotatable bonds is 6. The van der Waals surface area contributed by atoms with E-state index in [9.17, 15) is 0 Å². The summed E-state index contributed by atoms with van der Waals surface area (Å²) in [4.78, 5) is 6.69. The van der Waals surface area contributed by atoms with Crippen LogP contribution in [0, 0.1) is 0 Å². The summed E-state index contributed by atoms with van der Waals surface area (Å²) in [6.45, 7) is 4.21. The zero-order valence-corrected chi connectivity index (χ0v) is 12.0. The van der Waals surface area contributed by atoms with E-state index in [-0.39, 0.29) is 6.04 Å². The summed E-state index contributed by atoms with van der Waals surface area (Å²) in [5.41, 5.74) is 6.89. The van der Waals surface area contributed by atoms with Crippen molar-refractivity contribution in [3.8, 4) is 0 Å². The zero-order valence-electron chi connectivity index (χ0n) is 11.2. The molecule has 0 spiro atoms. The molecule has 1 heterocycles. The quantitative estimate of drug-likeness (QED) is 0.846. The van der Waals surface area contributed by atoms with Crippen molar-refractivity contribution < 1.29 is 0 Å². The molecule has 0 aromatic carbocycles. The molecule has 96 valence electrons. The lowest BCUT2D eigenvalue weighted by Gasteiger charge is -2.26. The molecular weight excluding hydrogens is 230 g/mol. The molecule has 1 aromatic heterocycles. The lowest BCUT2D eigenvalue weighted by molar-refractivity contribution is 0.661. The Labute approximate surface area is 109 Å². The summed E-state index contributed by atoms with van der Waals surface area (Å²) in [5.74, 6) is 2.20. The van der Waals surface area contributed by atoms with E-state index in [0.717, 1.165) is 11.4 Å². The van der Waals surface area contributed by atoms with Crippen LogP contribution in [0.25, 0.3) is 0 Å². The van der Waals surface area contributed by atoms with Crippen molar-refractivity contribution in [3.63, 3.8) is 0 Å². The minimum Gasteiger partial charge on any atom is -0.357 e. The van der Waals surface area contributed by atoms with Gasteiger partial charge in [0.1, 0.15) is 5.82 Å². The Bertz CT molecular complexity index is 324. The highest BCUT2D eigenvalue weighted by atomic mass is 32.2. The second-order valence-electron chi connectivity index (χ2n) is 4.48. The molecule has 0 aliphatic heterocycles. The van der Waals surface area contributed by atoms with Crippen molar-refractivity contribution in [2.24, 2.45) is 5.73 Å². The van der Waals surface area contributed by atoms with E-state index < -0.39 is 0 Å². The van der Waals surface area contributed by atoms with E-state index >= 15 is 0 Å². The Morgan fingerprint density at radius 2 is 2.12 bits per heavy atom. The first kappa shape index (κ1) is 14.3. The van der Waals surface area contributed by atoms with Gasteiger partial charge in [-0.1, -0.05) is 6.07 Å². The van der Waals surface area contributed by atoms with E-state index in [4.69, 9.17) is 5.73 Å². The van der Waals surface area contributed by atoms with Crippen molar-refractivity contribution in [3.05, 3.63) is 23.9 Å². The third-order valence-corrected chi connectivity index (χ3v) is 3.70. The molecule has 2 N–H and O–H groups in total. The first-order chi connectivity index (χ1) is 8.06. The Morgan fingerprint density at radius 1 is 1.41 bits per heavy atom. The van der Waals surface area contributed by atoms with Crippen LogP contribution in [0.1, 0.15) is 31.9 Å². The molecule has 0 amide bonds. The smallest absolute Gasteiger partial charge is 0.128 e.